The van der Waals surface area contributed by atoms with E-state index in [4.69, 9.17) is 5.73 Å². The maximum Gasteiger partial charge on any atom is 0.224 e. The van der Waals surface area contributed by atoms with Gasteiger partial charge in [-0.3, -0.25) is 4.79 Å². The summed E-state index contributed by atoms with van der Waals surface area (Å²) in [7, 11) is 0. The SMILES string of the molecule is CCC1CCCN(C(=O)CC(N)C(C)C)C1. The standard InChI is InChI=1S/C13H26N2O/c1-4-11-6-5-7-15(9-11)13(16)8-12(14)10(2)3/h10-12H,4-9,14H2,1-3H3. The Kier molecular flexibility index (Phi) is 5.26. The molecule has 1 heterocycles. The van der Waals surface area contributed by atoms with Gasteiger partial charge < -0.3 is 10.6 Å². The number of likely N-dealkylation sites (tertiary alicyclic amines) is 1. The molecule has 0 radical (unpaired) electrons. The molecule has 1 aliphatic rings. The Bertz CT molecular complexity index is 228. The minimum absolute atomic E-state index is 0.00880. The zero-order chi connectivity index (χ0) is 12.1. The van der Waals surface area contributed by atoms with E-state index in [1.165, 1.54) is 12.8 Å². The maximum atomic E-state index is 12.0. The van der Waals surface area contributed by atoms with Gasteiger partial charge in [-0.2, -0.15) is 0 Å². The van der Waals surface area contributed by atoms with Crippen LogP contribution < -0.4 is 5.73 Å². The second kappa shape index (κ2) is 6.24. The van der Waals surface area contributed by atoms with Gasteiger partial charge in [0.25, 0.3) is 0 Å². The zero-order valence-corrected chi connectivity index (χ0v) is 10.9. The number of nitrogens with two attached hydrogens (primary N) is 1. The van der Waals surface area contributed by atoms with Crippen molar-refractivity contribution in [1.29, 1.82) is 0 Å². The number of carbonyl (C=O) groups is 1. The van der Waals surface area contributed by atoms with E-state index in [0.29, 0.717) is 18.3 Å². The molecule has 1 aliphatic heterocycles. The molecule has 0 aromatic heterocycles. The number of rotatable bonds is 4. The van der Waals surface area contributed by atoms with Crippen molar-refractivity contribution in [3.05, 3.63) is 0 Å². The summed E-state index contributed by atoms with van der Waals surface area (Å²) in [4.78, 5) is 14.0. The molecule has 2 N–H and O–H groups in total. The predicted octanol–water partition coefficient (Wildman–Crippen LogP) is 2.01. The highest BCUT2D eigenvalue weighted by Crippen LogP contribution is 2.20. The van der Waals surface area contributed by atoms with E-state index >= 15 is 0 Å². The van der Waals surface area contributed by atoms with Gasteiger partial charge in [0.1, 0.15) is 0 Å². The summed E-state index contributed by atoms with van der Waals surface area (Å²) >= 11 is 0. The molecule has 3 heteroatoms. The van der Waals surface area contributed by atoms with Crippen LogP contribution in [0.2, 0.25) is 0 Å². The average Bonchev–Trinajstić information content (AvgIpc) is 2.28. The molecule has 0 aliphatic carbocycles. The highest BCUT2D eigenvalue weighted by Gasteiger charge is 2.24. The fourth-order valence-electron chi connectivity index (χ4n) is 2.19. The van der Waals surface area contributed by atoms with Crippen LogP contribution in [0.1, 0.15) is 46.5 Å². The first kappa shape index (κ1) is 13.5. The third-order valence-corrected chi connectivity index (χ3v) is 3.72. The lowest BCUT2D eigenvalue weighted by atomic mass is 9.94. The highest BCUT2D eigenvalue weighted by molar-refractivity contribution is 5.76. The van der Waals surface area contributed by atoms with Crippen LogP contribution in [0.5, 0.6) is 0 Å². The lowest BCUT2D eigenvalue weighted by molar-refractivity contribution is -0.133. The van der Waals surface area contributed by atoms with Gasteiger partial charge in [-0.1, -0.05) is 27.2 Å². The fourth-order valence-corrected chi connectivity index (χ4v) is 2.19. The Hall–Kier alpha value is -0.570. The highest BCUT2D eigenvalue weighted by atomic mass is 16.2. The van der Waals surface area contributed by atoms with Crippen molar-refractivity contribution in [2.45, 2.75) is 52.5 Å². The lowest BCUT2D eigenvalue weighted by Crippen LogP contribution is -2.43. The van der Waals surface area contributed by atoms with Crippen molar-refractivity contribution < 1.29 is 4.79 Å². The summed E-state index contributed by atoms with van der Waals surface area (Å²) in [5.41, 5.74) is 5.94. The Balaban J connectivity index is 2.41. The van der Waals surface area contributed by atoms with Crippen LogP contribution in [-0.2, 0) is 4.79 Å². The van der Waals surface area contributed by atoms with Crippen LogP contribution in [0.25, 0.3) is 0 Å². The topological polar surface area (TPSA) is 46.3 Å². The van der Waals surface area contributed by atoms with Crippen LogP contribution >= 0.6 is 0 Å². The largest absolute Gasteiger partial charge is 0.342 e. The second-order valence-corrected chi connectivity index (χ2v) is 5.37. The van der Waals surface area contributed by atoms with E-state index < -0.39 is 0 Å². The molecule has 1 amide bonds. The summed E-state index contributed by atoms with van der Waals surface area (Å²) < 4.78 is 0. The molecule has 0 aromatic carbocycles. The van der Waals surface area contributed by atoms with Crippen LogP contribution in [0, 0.1) is 11.8 Å². The molecular formula is C13H26N2O. The number of nitrogens with zero attached hydrogens (tertiary/aromatic N) is 1. The quantitative estimate of drug-likeness (QED) is 0.797. The van der Waals surface area contributed by atoms with E-state index in [-0.39, 0.29) is 11.9 Å². The van der Waals surface area contributed by atoms with Gasteiger partial charge in [-0.15, -0.1) is 0 Å². The summed E-state index contributed by atoms with van der Waals surface area (Å²) in [6.07, 6.45) is 4.12. The number of piperidine rings is 1. The van der Waals surface area contributed by atoms with E-state index in [1.54, 1.807) is 0 Å². The number of amides is 1. The minimum Gasteiger partial charge on any atom is -0.342 e. The summed E-state index contributed by atoms with van der Waals surface area (Å²) in [5.74, 6) is 1.34. The monoisotopic (exact) mass is 226 g/mol. The molecular weight excluding hydrogens is 200 g/mol. The normalized spacial score (nSPS) is 23.6. The number of carbonyl (C=O) groups excluding carboxylic acids is 1. The van der Waals surface area contributed by atoms with Gasteiger partial charge in [-0.25, -0.2) is 0 Å². The third kappa shape index (κ3) is 3.78. The molecule has 0 saturated carbocycles. The zero-order valence-electron chi connectivity index (χ0n) is 10.9. The molecule has 94 valence electrons. The minimum atomic E-state index is 0.00880. The van der Waals surface area contributed by atoms with Gasteiger partial charge in [0.2, 0.25) is 5.91 Å². The molecule has 2 unspecified atom stereocenters. The first-order valence-electron chi connectivity index (χ1n) is 6.58. The van der Waals surface area contributed by atoms with E-state index in [9.17, 15) is 4.79 Å². The molecule has 0 spiro atoms. The summed E-state index contributed by atoms with van der Waals surface area (Å²) in [5, 5.41) is 0. The summed E-state index contributed by atoms with van der Waals surface area (Å²) in [6, 6.07) is 0.00880. The van der Waals surface area contributed by atoms with Gasteiger partial charge >= 0.3 is 0 Å². The van der Waals surface area contributed by atoms with E-state index in [0.717, 1.165) is 19.5 Å². The molecule has 3 nitrogen and oxygen atoms in total. The Morgan fingerprint density at radius 1 is 1.50 bits per heavy atom. The van der Waals surface area contributed by atoms with Crippen molar-refractivity contribution in [1.82, 2.24) is 4.90 Å². The van der Waals surface area contributed by atoms with Crippen molar-refractivity contribution in [2.75, 3.05) is 13.1 Å². The predicted molar refractivity (Wildman–Crippen MR) is 67.0 cm³/mol. The average molecular weight is 226 g/mol. The Labute approximate surface area is 99.4 Å². The molecule has 0 aromatic rings. The molecule has 16 heavy (non-hydrogen) atoms. The Morgan fingerprint density at radius 3 is 2.75 bits per heavy atom. The van der Waals surface area contributed by atoms with Crippen LogP contribution in [0.4, 0.5) is 0 Å². The molecule has 1 fully saturated rings. The molecule has 1 saturated heterocycles. The van der Waals surface area contributed by atoms with E-state index in [1.807, 2.05) is 4.90 Å². The first-order valence-corrected chi connectivity index (χ1v) is 6.58. The molecule has 2 atom stereocenters. The number of hydrogen-bond acceptors (Lipinski definition) is 2. The van der Waals surface area contributed by atoms with E-state index in [2.05, 4.69) is 20.8 Å². The van der Waals surface area contributed by atoms with Gasteiger partial charge in [0.05, 0.1) is 0 Å². The van der Waals surface area contributed by atoms with Crippen molar-refractivity contribution in [2.24, 2.45) is 17.6 Å². The first-order chi connectivity index (χ1) is 7.54. The fraction of sp³-hybridized carbons (Fsp3) is 0.923. The van der Waals surface area contributed by atoms with Crippen molar-refractivity contribution in [3.8, 4) is 0 Å². The van der Waals surface area contributed by atoms with Crippen LogP contribution in [0.15, 0.2) is 0 Å². The maximum absolute atomic E-state index is 12.0. The lowest BCUT2D eigenvalue weighted by Gasteiger charge is -2.33. The van der Waals surface area contributed by atoms with Crippen molar-refractivity contribution in [3.63, 3.8) is 0 Å². The van der Waals surface area contributed by atoms with Crippen LogP contribution in [0.3, 0.4) is 0 Å². The van der Waals surface area contributed by atoms with Gasteiger partial charge in [0, 0.05) is 25.6 Å². The van der Waals surface area contributed by atoms with Crippen LogP contribution in [-0.4, -0.2) is 29.9 Å². The summed E-state index contributed by atoms with van der Waals surface area (Å²) in [6.45, 7) is 8.23. The smallest absolute Gasteiger partial charge is 0.224 e. The third-order valence-electron chi connectivity index (χ3n) is 3.72. The molecule has 1 rings (SSSR count). The Morgan fingerprint density at radius 2 is 2.19 bits per heavy atom. The second-order valence-electron chi connectivity index (χ2n) is 5.37. The van der Waals surface area contributed by atoms with Gasteiger partial charge in [0.15, 0.2) is 0 Å². The van der Waals surface area contributed by atoms with Crippen molar-refractivity contribution >= 4 is 5.91 Å². The molecule has 0 bridgehead atoms. The van der Waals surface area contributed by atoms with Gasteiger partial charge in [-0.05, 0) is 24.7 Å². The number of hydrogen-bond donors (Lipinski definition) is 1.